The Kier molecular flexibility index (Phi) is 6.19. The molecule has 0 spiro atoms. The topological polar surface area (TPSA) is 61.4 Å². The van der Waals surface area contributed by atoms with Crippen LogP contribution in [0.4, 0.5) is 0 Å². The van der Waals surface area contributed by atoms with Gasteiger partial charge in [0.05, 0.1) is 4.90 Å². The normalized spacial score (nSPS) is 17.0. The van der Waals surface area contributed by atoms with Gasteiger partial charge < -0.3 is 10.2 Å². The Morgan fingerprint density at radius 1 is 1.33 bits per heavy atom. The minimum atomic E-state index is -3.41. The summed E-state index contributed by atoms with van der Waals surface area (Å²) in [7, 11) is -3.41. The molecule has 2 N–H and O–H groups in total. The van der Waals surface area contributed by atoms with Gasteiger partial charge in [0.15, 0.2) is 0 Å². The van der Waals surface area contributed by atoms with Crippen LogP contribution in [-0.4, -0.2) is 52.6 Å². The zero-order chi connectivity index (χ0) is 15.3. The molecule has 0 atom stereocenters. The third-order valence-corrected chi connectivity index (χ3v) is 5.92. The minimum absolute atomic E-state index is 0.308. The van der Waals surface area contributed by atoms with Crippen molar-refractivity contribution >= 4 is 26.0 Å². The van der Waals surface area contributed by atoms with Crippen LogP contribution >= 0.6 is 15.9 Å². The van der Waals surface area contributed by atoms with Crippen LogP contribution in [0.2, 0.25) is 0 Å². The second-order valence-electron chi connectivity index (χ2n) is 5.25. The van der Waals surface area contributed by atoms with Gasteiger partial charge in [-0.05, 0) is 37.6 Å². The van der Waals surface area contributed by atoms with Crippen LogP contribution in [0.25, 0.3) is 0 Å². The van der Waals surface area contributed by atoms with E-state index in [4.69, 9.17) is 0 Å². The Hall–Kier alpha value is -0.470. The van der Waals surface area contributed by atoms with Gasteiger partial charge in [-0.3, -0.25) is 0 Å². The lowest BCUT2D eigenvalue weighted by molar-refractivity contribution is 0.239. The van der Waals surface area contributed by atoms with Crippen molar-refractivity contribution in [3.8, 4) is 0 Å². The summed E-state index contributed by atoms with van der Waals surface area (Å²) >= 11 is 3.37. The highest BCUT2D eigenvalue weighted by Crippen LogP contribution is 2.20. The summed E-state index contributed by atoms with van der Waals surface area (Å²) in [5.41, 5.74) is 1.02. The first-order chi connectivity index (χ1) is 9.99. The molecule has 0 radical (unpaired) electrons. The molecule has 1 aliphatic heterocycles. The van der Waals surface area contributed by atoms with Crippen LogP contribution in [0, 0.1) is 6.92 Å². The maximum Gasteiger partial charge on any atom is 0.240 e. The second-order valence-corrected chi connectivity index (χ2v) is 7.88. The van der Waals surface area contributed by atoms with E-state index in [1.807, 2.05) is 6.92 Å². The maximum absolute atomic E-state index is 12.2. The monoisotopic (exact) mass is 375 g/mol. The molecule has 0 amide bonds. The molecular formula is C14H22BrN3O2S. The number of hydrogen-bond donors (Lipinski definition) is 2. The molecule has 118 valence electrons. The predicted octanol–water partition coefficient (Wildman–Crippen LogP) is 1.33. The summed E-state index contributed by atoms with van der Waals surface area (Å²) in [6, 6.07) is 5.09. The average Bonchev–Trinajstić information content (AvgIpc) is 2.47. The molecule has 7 heteroatoms. The van der Waals surface area contributed by atoms with Gasteiger partial charge in [0, 0.05) is 37.2 Å². The number of rotatable bonds is 6. The van der Waals surface area contributed by atoms with Gasteiger partial charge in [0.2, 0.25) is 10.0 Å². The summed E-state index contributed by atoms with van der Waals surface area (Å²) in [5, 5.41) is 3.30. The van der Waals surface area contributed by atoms with Crippen molar-refractivity contribution < 1.29 is 8.42 Å². The number of hydrogen-bond acceptors (Lipinski definition) is 4. The molecule has 21 heavy (non-hydrogen) atoms. The molecule has 0 bridgehead atoms. The molecular weight excluding hydrogens is 354 g/mol. The van der Waals surface area contributed by atoms with Gasteiger partial charge in [0.1, 0.15) is 0 Å². The molecule has 0 unspecified atom stereocenters. The maximum atomic E-state index is 12.2. The van der Waals surface area contributed by atoms with E-state index >= 15 is 0 Å². The lowest BCUT2D eigenvalue weighted by Crippen LogP contribution is -2.44. The van der Waals surface area contributed by atoms with Gasteiger partial charge in [-0.15, -0.1) is 0 Å². The van der Waals surface area contributed by atoms with Crippen LogP contribution in [-0.2, 0) is 10.0 Å². The molecule has 1 heterocycles. The van der Waals surface area contributed by atoms with E-state index in [0.717, 1.165) is 49.2 Å². The Labute approximate surface area is 135 Å². The summed E-state index contributed by atoms with van der Waals surface area (Å²) in [4.78, 5) is 2.66. The number of nitrogens with zero attached hydrogens (tertiary/aromatic N) is 1. The molecule has 2 rings (SSSR count). The fourth-order valence-corrected chi connectivity index (χ4v) is 3.90. The summed E-state index contributed by atoms with van der Waals surface area (Å²) in [6.45, 7) is 7.45. The fourth-order valence-electron chi connectivity index (χ4n) is 2.27. The largest absolute Gasteiger partial charge is 0.314 e. The van der Waals surface area contributed by atoms with E-state index in [0.29, 0.717) is 11.4 Å². The Balaban J connectivity index is 1.82. The van der Waals surface area contributed by atoms with E-state index in [9.17, 15) is 8.42 Å². The van der Waals surface area contributed by atoms with Gasteiger partial charge in [0.25, 0.3) is 0 Å². The molecule has 0 saturated carbocycles. The smallest absolute Gasteiger partial charge is 0.240 e. The van der Waals surface area contributed by atoms with Gasteiger partial charge in [-0.2, -0.15) is 0 Å². The number of sulfonamides is 1. The van der Waals surface area contributed by atoms with Crippen LogP contribution in [0.1, 0.15) is 12.0 Å². The number of benzene rings is 1. The first-order valence-corrected chi connectivity index (χ1v) is 9.45. The van der Waals surface area contributed by atoms with Crippen LogP contribution in [0.3, 0.4) is 0 Å². The molecule has 0 aliphatic carbocycles. The number of piperazine rings is 1. The van der Waals surface area contributed by atoms with E-state index in [-0.39, 0.29) is 0 Å². The van der Waals surface area contributed by atoms with Crippen LogP contribution < -0.4 is 10.0 Å². The Morgan fingerprint density at radius 3 is 2.71 bits per heavy atom. The summed E-state index contributed by atoms with van der Waals surface area (Å²) in [6.07, 6.45) is 0.826. The van der Waals surface area contributed by atoms with Crippen molar-refractivity contribution in [1.82, 2.24) is 14.9 Å². The Bertz CT molecular complexity index is 572. The van der Waals surface area contributed by atoms with Crippen molar-refractivity contribution in [2.45, 2.75) is 18.2 Å². The molecule has 1 saturated heterocycles. The molecule has 1 aromatic carbocycles. The standard InChI is InChI=1S/C14H22BrN3O2S/c1-12-3-4-13(11-14(12)15)21(19,20)17-5-2-8-18-9-6-16-7-10-18/h3-4,11,16-17H,2,5-10H2,1H3. The van der Waals surface area contributed by atoms with Crippen molar-refractivity contribution in [3.63, 3.8) is 0 Å². The van der Waals surface area contributed by atoms with E-state index in [1.165, 1.54) is 0 Å². The summed E-state index contributed by atoms with van der Waals surface area (Å²) < 4.78 is 27.9. The highest BCUT2D eigenvalue weighted by molar-refractivity contribution is 9.10. The quantitative estimate of drug-likeness (QED) is 0.736. The Morgan fingerprint density at radius 2 is 2.05 bits per heavy atom. The highest BCUT2D eigenvalue weighted by Gasteiger charge is 2.15. The highest BCUT2D eigenvalue weighted by atomic mass is 79.9. The molecule has 1 aromatic rings. The van der Waals surface area contributed by atoms with Crippen molar-refractivity contribution in [2.75, 3.05) is 39.3 Å². The minimum Gasteiger partial charge on any atom is -0.314 e. The third-order valence-electron chi connectivity index (χ3n) is 3.61. The number of nitrogens with one attached hydrogen (secondary N) is 2. The predicted molar refractivity (Wildman–Crippen MR) is 88.0 cm³/mol. The second kappa shape index (κ2) is 7.69. The average molecular weight is 376 g/mol. The van der Waals surface area contributed by atoms with Gasteiger partial charge in [-0.25, -0.2) is 13.1 Å². The van der Waals surface area contributed by atoms with Gasteiger partial charge in [-0.1, -0.05) is 22.0 Å². The van der Waals surface area contributed by atoms with Crippen molar-refractivity contribution in [3.05, 3.63) is 28.2 Å². The first-order valence-electron chi connectivity index (χ1n) is 7.18. The van der Waals surface area contributed by atoms with E-state index in [2.05, 4.69) is 30.9 Å². The molecule has 1 fully saturated rings. The lowest BCUT2D eigenvalue weighted by Gasteiger charge is -2.27. The fraction of sp³-hybridized carbons (Fsp3) is 0.571. The third kappa shape index (κ3) is 5.03. The van der Waals surface area contributed by atoms with Gasteiger partial charge >= 0.3 is 0 Å². The molecule has 0 aromatic heterocycles. The van der Waals surface area contributed by atoms with E-state index < -0.39 is 10.0 Å². The van der Waals surface area contributed by atoms with Crippen molar-refractivity contribution in [2.24, 2.45) is 0 Å². The van der Waals surface area contributed by atoms with Crippen molar-refractivity contribution in [1.29, 1.82) is 0 Å². The lowest BCUT2D eigenvalue weighted by atomic mass is 10.2. The first kappa shape index (κ1) is 16.9. The van der Waals surface area contributed by atoms with Crippen LogP contribution in [0.5, 0.6) is 0 Å². The molecule has 1 aliphatic rings. The van der Waals surface area contributed by atoms with E-state index in [1.54, 1.807) is 18.2 Å². The molecule has 5 nitrogen and oxygen atoms in total. The zero-order valence-electron chi connectivity index (χ0n) is 12.2. The zero-order valence-corrected chi connectivity index (χ0v) is 14.6. The number of aryl methyl sites for hydroxylation is 1. The summed E-state index contributed by atoms with van der Waals surface area (Å²) in [5.74, 6) is 0. The van der Waals surface area contributed by atoms with Crippen LogP contribution in [0.15, 0.2) is 27.6 Å². The SMILES string of the molecule is Cc1ccc(S(=O)(=O)NCCCN2CCNCC2)cc1Br. The number of halogens is 1.